The molecule has 0 bridgehead atoms. The molecule has 4 rings (SSSR count). The Balaban J connectivity index is 1.31. The summed E-state index contributed by atoms with van der Waals surface area (Å²) in [5.74, 6) is 0.664. The first-order chi connectivity index (χ1) is 15.8. The number of likely N-dealkylation sites (tertiary alicyclic amines) is 1. The van der Waals surface area contributed by atoms with Gasteiger partial charge >= 0.3 is 5.97 Å². The lowest BCUT2D eigenvalue weighted by Crippen LogP contribution is -2.44. The molecule has 6 nitrogen and oxygen atoms in total. The Morgan fingerprint density at radius 2 is 1.62 bits per heavy atom. The zero-order valence-electron chi connectivity index (χ0n) is 18.8. The van der Waals surface area contributed by atoms with Gasteiger partial charge in [-0.05, 0) is 55.8 Å². The standard InChI is InChI=1S/C26H34N2O4/c29-26(32-20-22-7-3-1-4-8-22)19-24(27-13-5-2-6-14-27)21-31-25-11-9-23(10-12-25)28-15-17-30-18-16-28/h1,3-4,7-12,24H,2,5-6,13-21H2. The molecule has 2 aliphatic heterocycles. The summed E-state index contributed by atoms with van der Waals surface area (Å²) in [6, 6.07) is 18.1. The number of hydrogen-bond acceptors (Lipinski definition) is 6. The van der Waals surface area contributed by atoms with Crippen molar-refractivity contribution in [3.8, 4) is 5.75 Å². The smallest absolute Gasteiger partial charge is 0.307 e. The number of ether oxygens (including phenoxy) is 3. The summed E-state index contributed by atoms with van der Waals surface area (Å²) in [5.41, 5.74) is 2.20. The lowest BCUT2D eigenvalue weighted by atomic mass is 10.1. The SMILES string of the molecule is O=C(CC(COc1ccc(N2CCOCC2)cc1)N1CCCCC1)OCc1ccccc1. The highest BCUT2D eigenvalue weighted by atomic mass is 16.5. The van der Waals surface area contributed by atoms with Gasteiger partial charge in [-0.3, -0.25) is 9.69 Å². The number of morpholine rings is 1. The molecule has 0 saturated carbocycles. The van der Waals surface area contributed by atoms with Gasteiger partial charge < -0.3 is 19.1 Å². The average Bonchev–Trinajstić information content (AvgIpc) is 2.87. The minimum atomic E-state index is -0.171. The van der Waals surface area contributed by atoms with Crippen LogP contribution >= 0.6 is 0 Å². The van der Waals surface area contributed by atoms with Crippen LogP contribution in [0.3, 0.4) is 0 Å². The van der Waals surface area contributed by atoms with Crippen LogP contribution in [0.2, 0.25) is 0 Å². The normalized spacial score (nSPS) is 18.2. The first kappa shape index (κ1) is 22.6. The molecule has 2 aromatic carbocycles. The van der Waals surface area contributed by atoms with Gasteiger partial charge in [0.15, 0.2) is 0 Å². The van der Waals surface area contributed by atoms with E-state index in [1.54, 1.807) is 0 Å². The predicted molar refractivity (Wildman–Crippen MR) is 125 cm³/mol. The van der Waals surface area contributed by atoms with Crippen molar-refractivity contribution in [3.05, 3.63) is 60.2 Å². The lowest BCUT2D eigenvalue weighted by molar-refractivity contribution is -0.146. The molecule has 32 heavy (non-hydrogen) atoms. The monoisotopic (exact) mass is 438 g/mol. The molecular weight excluding hydrogens is 404 g/mol. The number of hydrogen-bond donors (Lipinski definition) is 0. The Hall–Kier alpha value is -2.57. The molecule has 172 valence electrons. The molecule has 1 unspecified atom stereocenters. The summed E-state index contributed by atoms with van der Waals surface area (Å²) in [7, 11) is 0. The van der Waals surface area contributed by atoms with Crippen LogP contribution in [0, 0.1) is 0 Å². The van der Waals surface area contributed by atoms with E-state index in [0.717, 1.165) is 50.7 Å². The second kappa shape index (κ2) is 11.9. The second-order valence-corrected chi connectivity index (χ2v) is 8.51. The fourth-order valence-corrected chi connectivity index (χ4v) is 4.33. The van der Waals surface area contributed by atoms with E-state index in [4.69, 9.17) is 14.2 Å². The van der Waals surface area contributed by atoms with E-state index in [1.165, 1.54) is 24.9 Å². The van der Waals surface area contributed by atoms with Gasteiger partial charge in [-0.2, -0.15) is 0 Å². The van der Waals surface area contributed by atoms with Crippen LogP contribution in [0.25, 0.3) is 0 Å². The van der Waals surface area contributed by atoms with E-state index >= 15 is 0 Å². The van der Waals surface area contributed by atoms with Gasteiger partial charge in [0.05, 0.1) is 25.7 Å². The molecule has 6 heteroatoms. The third-order valence-corrected chi connectivity index (χ3v) is 6.21. The molecule has 0 spiro atoms. The van der Waals surface area contributed by atoms with Crippen LogP contribution < -0.4 is 9.64 Å². The van der Waals surface area contributed by atoms with Gasteiger partial charge in [0.2, 0.25) is 0 Å². The minimum absolute atomic E-state index is 0.0255. The number of carbonyl (C=O) groups excluding carboxylic acids is 1. The molecule has 0 N–H and O–H groups in total. The fourth-order valence-electron chi connectivity index (χ4n) is 4.33. The zero-order chi connectivity index (χ0) is 22.0. The van der Waals surface area contributed by atoms with Crippen molar-refractivity contribution in [1.82, 2.24) is 4.90 Å². The molecule has 0 amide bonds. The van der Waals surface area contributed by atoms with Crippen molar-refractivity contribution in [3.63, 3.8) is 0 Å². The van der Waals surface area contributed by atoms with Gasteiger partial charge in [0.1, 0.15) is 19.0 Å². The highest BCUT2D eigenvalue weighted by molar-refractivity contribution is 5.70. The third kappa shape index (κ3) is 6.71. The number of rotatable bonds is 9. The number of benzene rings is 2. The quantitative estimate of drug-likeness (QED) is 0.554. The first-order valence-electron chi connectivity index (χ1n) is 11.8. The topological polar surface area (TPSA) is 51.2 Å². The van der Waals surface area contributed by atoms with Crippen LogP contribution in [0.15, 0.2) is 54.6 Å². The van der Waals surface area contributed by atoms with Crippen molar-refractivity contribution in [2.24, 2.45) is 0 Å². The molecule has 0 radical (unpaired) electrons. The molecule has 2 heterocycles. The van der Waals surface area contributed by atoms with E-state index in [2.05, 4.69) is 21.9 Å². The van der Waals surface area contributed by atoms with E-state index in [1.807, 2.05) is 42.5 Å². The van der Waals surface area contributed by atoms with Gasteiger partial charge in [-0.25, -0.2) is 0 Å². The Labute approximate surface area is 191 Å². The maximum Gasteiger partial charge on any atom is 0.307 e. The molecule has 0 aromatic heterocycles. The third-order valence-electron chi connectivity index (χ3n) is 6.21. The highest BCUT2D eigenvalue weighted by Gasteiger charge is 2.25. The molecule has 2 saturated heterocycles. The Bertz CT molecular complexity index is 815. The predicted octanol–water partition coefficient (Wildman–Crippen LogP) is 3.89. The summed E-state index contributed by atoms with van der Waals surface area (Å²) in [4.78, 5) is 17.3. The van der Waals surface area contributed by atoms with Crippen molar-refractivity contribution in [1.29, 1.82) is 0 Å². The molecule has 2 aliphatic rings. The van der Waals surface area contributed by atoms with Crippen molar-refractivity contribution < 1.29 is 19.0 Å². The average molecular weight is 439 g/mol. The molecule has 2 aromatic rings. The van der Waals surface area contributed by atoms with Crippen LogP contribution in [-0.4, -0.2) is 62.9 Å². The number of nitrogens with zero attached hydrogens (tertiary/aromatic N) is 2. The first-order valence-corrected chi connectivity index (χ1v) is 11.8. The van der Waals surface area contributed by atoms with Gasteiger partial charge in [0.25, 0.3) is 0 Å². The maximum absolute atomic E-state index is 12.6. The van der Waals surface area contributed by atoms with E-state index in [9.17, 15) is 4.79 Å². The summed E-state index contributed by atoms with van der Waals surface area (Å²) in [5, 5.41) is 0. The summed E-state index contributed by atoms with van der Waals surface area (Å²) < 4.78 is 17.1. The number of anilines is 1. The summed E-state index contributed by atoms with van der Waals surface area (Å²) >= 11 is 0. The van der Waals surface area contributed by atoms with E-state index in [0.29, 0.717) is 19.6 Å². The molecule has 0 aliphatic carbocycles. The molecule has 1 atom stereocenters. The summed E-state index contributed by atoms with van der Waals surface area (Å²) in [6.07, 6.45) is 3.94. The number of piperidine rings is 1. The van der Waals surface area contributed by atoms with Crippen LogP contribution in [0.1, 0.15) is 31.2 Å². The van der Waals surface area contributed by atoms with Crippen molar-refractivity contribution in [2.45, 2.75) is 38.3 Å². The lowest BCUT2D eigenvalue weighted by Gasteiger charge is -2.34. The van der Waals surface area contributed by atoms with Crippen LogP contribution in [-0.2, 0) is 20.9 Å². The Morgan fingerprint density at radius 1 is 0.906 bits per heavy atom. The van der Waals surface area contributed by atoms with Crippen LogP contribution in [0.5, 0.6) is 5.75 Å². The van der Waals surface area contributed by atoms with Crippen LogP contribution in [0.4, 0.5) is 5.69 Å². The van der Waals surface area contributed by atoms with Gasteiger partial charge in [-0.1, -0.05) is 36.8 Å². The van der Waals surface area contributed by atoms with Crippen molar-refractivity contribution >= 4 is 11.7 Å². The van der Waals surface area contributed by atoms with Gasteiger partial charge in [0, 0.05) is 18.8 Å². The second-order valence-electron chi connectivity index (χ2n) is 8.51. The largest absolute Gasteiger partial charge is 0.492 e. The highest BCUT2D eigenvalue weighted by Crippen LogP contribution is 2.22. The minimum Gasteiger partial charge on any atom is -0.492 e. The molecular formula is C26H34N2O4. The summed E-state index contributed by atoms with van der Waals surface area (Å²) in [6.45, 7) is 6.20. The van der Waals surface area contributed by atoms with Gasteiger partial charge in [-0.15, -0.1) is 0 Å². The van der Waals surface area contributed by atoms with Crippen molar-refractivity contribution in [2.75, 3.05) is 50.9 Å². The number of carbonyl (C=O) groups is 1. The number of esters is 1. The molecule has 2 fully saturated rings. The fraction of sp³-hybridized carbons (Fsp3) is 0.500. The Morgan fingerprint density at radius 3 is 2.34 bits per heavy atom. The van der Waals surface area contributed by atoms with E-state index in [-0.39, 0.29) is 12.0 Å². The maximum atomic E-state index is 12.6. The van der Waals surface area contributed by atoms with E-state index < -0.39 is 0 Å². The Kier molecular flexibility index (Phi) is 8.40. The zero-order valence-corrected chi connectivity index (χ0v) is 18.8.